The van der Waals surface area contributed by atoms with E-state index in [0.29, 0.717) is 5.69 Å². The smallest absolute Gasteiger partial charge is 0.545 e. The number of benzene rings is 1. The fourth-order valence-electron chi connectivity index (χ4n) is 2.03. The molecule has 1 unspecified atom stereocenters. The standard InChI is InChI=1S/C13H17NO8.Na/c15-5-9-10(16)11(17)13(20,22-9)6-21-14-8-3-1-7(2-4-8)12(18)19;/h1-4,9-11,14-17,20H,5-6H2,(H,18,19);/q;+1/p-1/t9-,10-,11+,13?;/m1./s1. The van der Waals surface area contributed by atoms with Crippen LogP contribution in [0, 0.1) is 0 Å². The van der Waals surface area contributed by atoms with Gasteiger partial charge in [-0.05, 0) is 17.7 Å². The molecule has 2 rings (SSSR count). The van der Waals surface area contributed by atoms with E-state index >= 15 is 0 Å². The van der Waals surface area contributed by atoms with Crippen molar-refractivity contribution in [3.63, 3.8) is 0 Å². The van der Waals surface area contributed by atoms with Crippen molar-refractivity contribution in [3.05, 3.63) is 29.8 Å². The first kappa shape index (κ1) is 20.3. The van der Waals surface area contributed by atoms with Gasteiger partial charge < -0.3 is 35.1 Å². The number of aliphatic hydroxyl groups excluding tert-OH is 3. The molecular weight excluding hydrogens is 321 g/mol. The zero-order chi connectivity index (χ0) is 16.3. The van der Waals surface area contributed by atoms with Gasteiger partial charge in [0.05, 0.1) is 18.3 Å². The average Bonchev–Trinajstić information content (AvgIpc) is 2.72. The number of aliphatic hydroxyl groups is 4. The number of hydrogen-bond donors (Lipinski definition) is 5. The quantitative estimate of drug-likeness (QED) is 0.252. The van der Waals surface area contributed by atoms with Crippen LogP contribution in [0.4, 0.5) is 5.69 Å². The maximum atomic E-state index is 10.6. The molecule has 1 aromatic carbocycles. The van der Waals surface area contributed by atoms with Crippen LogP contribution in [0.25, 0.3) is 0 Å². The Morgan fingerprint density at radius 2 is 1.96 bits per heavy atom. The van der Waals surface area contributed by atoms with Crippen LogP contribution in [0.3, 0.4) is 0 Å². The molecule has 4 atom stereocenters. The first-order valence-corrected chi connectivity index (χ1v) is 6.44. The van der Waals surface area contributed by atoms with Crippen molar-refractivity contribution >= 4 is 11.7 Å². The van der Waals surface area contributed by atoms with Gasteiger partial charge in [0.1, 0.15) is 24.9 Å². The molecule has 0 amide bonds. The molecule has 0 aromatic heterocycles. The number of nitrogens with one attached hydrogen (secondary N) is 1. The monoisotopic (exact) mass is 337 g/mol. The SMILES string of the molecule is O=C([O-])c1ccc(NOCC2(O)O[C@H](CO)[C@@H](O)[C@@H]2O)cc1.[Na+]. The minimum absolute atomic E-state index is 0. The Bertz CT molecular complexity index is 527. The Morgan fingerprint density at radius 3 is 2.43 bits per heavy atom. The van der Waals surface area contributed by atoms with E-state index in [1.807, 2.05) is 0 Å². The molecule has 23 heavy (non-hydrogen) atoms. The molecule has 0 aliphatic carbocycles. The molecule has 0 saturated carbocycles. The fraction of sp³-hybridized carbons (Fsp3) is 0.462. The van der Waals surface area contributed by atoms with Crippen LogP contribution >= 0.6 is 0 Å². The van der Waals surface area contributed by atoms with Gasteiger partial charge in [-0.25, -0.2) is 0 Å². The summed E-state index contributed by atoms with van der Waals surface area (Å²) in [6.07, 6.45) is -4.21. The van der Waals surface area contributed by atoms with E-state index in [9.17, 15) is 25.2 Å². The van der Waals surface area contributed by atoms with Crippen molar-refractivity contribution in [2.45, 2.75) is 24.1 Å². The second kappa shape index (κ2) is 8.38. The molecule has 1 aliphatic heterocycles. The molecule has 5 N–H and O–H groups in total. The van der Waals surface area contributed by atoms with Gasteiger partial charge in [0.25, 0.3) is 0 Å². The van der Waals surface area contributed by atoms with Crippen molar-refractivity contribution in [2.75, 3.05) is 18.7 Å². The van der Waals surface area contributed by atoms with Crippen LogP contribution in [0.1, 0.15) is 10.4 Å². The maximum absolute atomic E-state index is 10.6. The number of carbonyl (C=O) groups is 1. The van der Waals surface area contributed by atoms with Crippen molar-refractivity contribution in [2.24, 2.45) is 0 Å². The van der Waals surface area contributed by atoms with Gasteiger partial charge in [-0.2, -0.15) is 0 Å². The molecule has 1 aromatic rings. The Morgan fingerprint density at radius 1 is 1.35 bits per heavy atom. The summed E-state index contributed by atoms with van der Waals surface area (Å²) in [5, 5.41) is 48.8. The van der Waals surface area contributed by atoms with E-state index in [2.05, 4.69) is 5.48 Å². The minimum atomic E-state index is -2.18. The first-order valence-electron chi connectivity index (χ1n) is 6.44. The largest absolute Gasteiger partial charge is 1.00 e. The second-order valence-electron chi connectivity index (χ2n) is 4.87. The maximum Gasteiger partial charge on any atom is 1.00 e. The Labute approximate surface area is 153 Å². The predicted molar refractivity (Wildman–Crippen MR) is 69.3 cm³/mol. The molecule has 1 heterocycles. The first-order chi connectivity index (χ1) is 10.4. The molecule has 0 bridgehead atoms. The molecular formula is C13H16NNaO8. The van der Waals surface area contributed by atoms with E-state index in [1.54, 1.807) is 0 Å². The van der Waals surface area contributed by atoms with Gasteiger partial charge in [0.2, 0.25) is 5.79 Å². The summed E-state index contributed by atoms with van der Waals surface area (Å²) in [4.78, 5) is 15.6. The van der Waals surface area contributed by atoms with Crippen molar-refractivity contribution in [1.82, 2.24) is 0 Å². The molecule has 10 heteroatoms. The van der Waals surface area contributed by atoms with E-state index in [0.717, 1.165) is 0 Å². The number of aromatic carboxylic acids is 1. The summed E-state index contributed by atoms with van der Waals surface area (Å²) in [5.74, 6) is -3.49. The Kier molecular flexibility index (Phi) is 7.39. The predicted octanol–water partition coefficient (Wildman–Crippen LogP) is -5.80. The molecule has 1 fully saturated rings. The van der Waals surface area contributed by atoms with E-state index in [4.69, 9.17) is 14.7 Å². The average molecular weight is 337 g/mol. The fourth-order valence-corrected chi connectivity index (χ4v) is 2.03. The molecule has 9 nitrogen and oxygen atoms in total. The van der Waals surface area contributed by atoms with Crippen LogP contribution in [-0.2, 0) is 9.57 Å². The van der Waals surface area contributed by atoms with E-state index in [-0.39, 0.29) is 35.1 Å². The normalized spacial score (nSPS) is 29.8. The topological polar surface area (TPSA) is 152 Å². The summed E-state index contributed by atoms with van der Waals surface area (Å²) < 4.78 is 4.97. The van der Waals surface area contributed by atoms with Gasteiger partial charge in [-0.3, -0.25) is 10.3 Å². The zero-order valence-corrected chi connectivity index (χ0v) is 14.4. The number of rotatable bonds is 6. The summed E-state index contributed by atoms with van der Waals surface area (Å²) >= 11 is 0. The second-order valence-corrected chi connectivity index (χ2v) is 4.87. The summed E-state index contributed by atoms with van der Waals surface area (Å²) in [6, 6.07) is 5.41. The molecule has 1 aliphatic rings. The third-order valence-electron chi connectivity index (χ3n) is 3.29. The number of anilines is 1. The van der Waals surface area contributed by atoms with Gasteiger partial charge >= 0.3 is 29.6 Å². The number of ether oxygens (including phenoxy) is 1. The van der Waals surface area contributed by atoms with Gasteiger partial charge in [-0.15, -0.1) is 0 Å². The van der Waals surface area contributed by atoms with Gasteiger partial charge in [-0.1, -0.05) is 12.1 Å². The number of carboxylic acids is 1. The van der Waals surface area contributed by atoms with Crippen LogP contribution < -0.4 is 40.1 Å². The Balaban J connectivity index is 0.00000264. The Hall–Kier alpha value is -0.750. The summed E-state index contributed by atoms with van der Waals surface area (Å²) in [7, 11) is 0. The molecule has 1 saturated heterocycles. The third kappa shape index (κ3) is 4.63. The minimum Gasteiger partial charge on any atom is -0.545 e. The molecule has 122 valence electrons. The number of hydrogen-bond acceptors (Lipinski definition) is 9. The summed E-state index contributed by atoms with van der Waals surface area (Å²) in [6.45, 7) is -1.11. The van der Waals surface area contributed by atoms with Gasteiger partial charge in [0.15, 0.2) is 0 Å². The van der Waals surface area contributed by atoms with Gasteiger partial charge in [0, 0.05) is 0 Å². The van der Waals surface area contributed by atoms with Crippen molar-refractivity contribution in [3.8, 4) is 0 Å². The van der Waals surface area contributed by atoms with E-state index in [1.165, 1.54) is 24.3 Å². The van der Waals surface area contributed by atoms with Crippen molar-refractivity contribution < 1.29 is 69.5 Å². The molecule has 0 spiro atoms. The number of carbonyl (C=O) groups excluding carboxylic acids is 1. The van der Waals surface area contributed by atoms with Crippen LogP contribution in [0.15, 0.2) is 24.3 Å². The zero-order valence-electron chi connectivity index (χ0n) is 12.4. The van der Waals surface area contributed by atoms with Crippen LogP contribution in [0.2, 0.25) is 0 Å². The van der Waals surface area contributed by atoms with Crippen molar-refractivity contribution in [1.29, 1.82) is 0 Å². The summed E-state index contributed by atoms with van der Waals surface area (Å²) in [5.41, 5.74) is 2.80. The molecule has 0 radical (unpaired) electrons. The van der Waals surface area contributed by atoms with E-state index < -0.39 is 43.3 Å². The van der Waals surface area contributed by atoms with Crippen LogP contribution in [-0.4, -0.2) is 63.7 Å². The third-order valence-corrected chi connectivity index (χ3v) is 3.29. The van der Waals surface area contributed by atoms with Crippen LogP contribution in [0.5, 0.6) is 0 Å². The number of carboxylic acid groups (broad SMARTS) is 1.